The van der Waals surface area contributed by atoms with Crippen molar-refractivity contribution in [2.24, 2.45) is 0 Å². The SMILES string of the molecule is CNc1snc(C)c1C(=O)NCCc1ccc2c(c1)OCO2. The minimum atomic E-state index is -0.101. The molecule has 1 aromatic carbocycles. The number of benzene rings is 1. The summed E-state index contributed by atoms with van der Waals surface area (Å²) < 4.78 is 14.8. The van der Waals surface area contributed by atoms with Crippen molar-refractivity contribution in [2.45, 2.75) is 13.3 Å². The molecule has 1 aromatic heterocycles. The van der Waals surface area contributed by atoms with Gasteiger partial charge in [0.25, 0.3) is 5.91 Å². The Bertz CT molecular complexity index is 699. The summed E-state index contributed by atoms with van der Waals surface area (Å²) in [5.74, 6) is 1.43. The predicted octanol–water partition coefficient (Wildman–Crippen LogP) is 2.19. The zero-order chi connectivity index (χ0) is 15.5. The van der Waals surface area contributed by atoms with Gasteiger partial charge < -0.3 is 20.1 Å². The number of aromatic nitrogens is 1. The number of carbonyl (C=O) groups excluding carboxylic acids is 1. The summed E-state index contributed by atoms with van der Waals surface area (Å²) in [5, 5.41) is 6.72. The summed E-state index contributed by atoms with van der Waals surface area (Å²) in [4.78, 5) is 12.3. The zero-order valence-corrected chi connectivity index (χ0v) is 13.3. The van der Waals surface area contributed by atoms with E-state index in [1.54, 1.807) is 7.05 Å². The van der Waals surface area contributed by atoms with Crippen molar-refractivity contribution in [3.05, 3.63) is 35.0 Å². The molecule has 1 aliphatic heterocycles. The first-order chi connectivity index (χ1) is 10.7. The second-order valence-electron chi connectivity index (χ2n) is 4.92. The largest absolute Gasteiger partial charge is 0.454 e. The van der Waals surface area contributed by atoms with Gasteiger partial charge in [0, 0.05) is 13.6 Å². The second kappa shape index (κ2) is 6.23. The van der Waals surface area contributed by atoms with Crippen LogP contribution in [0.2, 0.25) is 0 Å². The Labute approximate surface area is 132 Å². The first-order valence-corrected chi connectivity index (χ1v) is 7.77. The van der Waals surface area contributed by atoms with Gasteiger partial charge in [0.15, 0.2) is 11.5 Å². The summed E-state index contributed by atoms with van der Waals surface area (Å²) in [6.07, 6.45) is 0.730. The summed E-state index contributed by atoms with van der Waals surface area (Å²) in [6.45, 7) is 2.66. The third kappa shape index (κ3) is 2.85. The third-order valence-corrected chi connectivity index (χ3v) is 4.41. The number of hydrogen-bond donors (Lipinski definition) is 2. The van der Waals surface area contributed by atoms with Crippen LogP contribution in [0.5, 0.6) is 11.5 Å². The second-order valence-corrected chi connectivity index (χ2v) is 5.69. The molecule has 1 amide bonds. The van der Waals surface area contributed by atoms with E-state index in [4.69, 9.17) is 9.47 Å². The minimum Gasteiger partial charge on any atom is -0.454 e. The molecular formula is C15H17N3O3S. The Balaban J connectivity index is 1.59. The van der Waals surface area contributed by atoms with Crippen LogP contribution in [0.3, 0.4) is 0 Å². The highest BCUT2D eigenvalue weighted by molar-refractivity contribution is 7.10. The van der Waals surface area contributed by atoms with Gasteiger partial charge in [0.2, 0.25) is 6.79 Å². The van der Waals surface area contributed by atoms with Crippen molar-refractivity contribution in [2.75, 3.05) is 25.7 Å². The van der Waals surface area contributed by atoms with E-state index in [9.17, 15) is 4.79 Å². The highest BCUT2D eigenvalue weighted by atomic mass is 32.1. The molecule has 2 aromatic rings. The summed E-state index contributed by atoms with van der Waals surface area (Å²) in [6, 6.07) is 5.83. The highest BCUT2D eigenvalue weighted by Gasteiger charge is 2.17. The van der Waals surface area contributed by atoms with Crippen molar-refractivity contribution >= 4 is 22.4 Å². The van der Waals surface area contributed by atoms with Crippen LogP contribution in [0.15, 0.2) is 18.2 Å². The molecule has 7 heteroatoms. The molecule has 0 radical (unpaired) electrons. The molecule has 116 valence electrons. The average Bonchev–Trinajstić information content (AvgIpc) is 3.12. The summed E-state index contributed by atoms with van der Waals surface area (Å²) >= 11 is 1.30. The molecule has 0 atom stereocenters. The van der Waals surface area contributed by atoms with Gasteiger partial charge in [-0.05, 0) is 42.6 Å². The number of anilines is 1. The van der Waals surface area contributed by atoms with Crippen LogP contribution in [0.4, 0.5) is 5.00 Å². The Morgan fingerprint density at radius 3 is 3.00 bits per heavy atom. The van der Waals surface area contributed by atoms with Crippen molar-refractivity contribution in [1.29, 1.82) is 0 Å². The number of amides is 1. The zero-order valence-electron chi connectivity index (χ0n) is 12.4. The molecule has 0 unspecified atom stereocenters. The standard InChI is InChI=1S/C15H17N3O3S/c1-9-13(15(16-2)22-18-9)14(19)17-6-5-10-3-4-11-12(7-10)21-8-20-11/h3-4,7,16H,5-6,8H2,1-2H3,(H,17,19). The molecule has 2 heterocycles. The van der Waals surface area contributed by atoms with Gasteiger partial charge in [-0.3, -0.25) is 4.79 Å². The van der Waals surface area contributed by atoms with Crippen LogP contribution in [0.25, 0.3) is 0 Å². The van der Waals surface area contributed by atoms with Gasteiger partial charge in [-0.25, -0.2) is 0 Å². The fraction of sp³-hybridized carbons (Fsp3) is 0.333. The Morgan fingerprint density at radius 2 is 2.18 bits per heavy atom. The number of aryl methyl sites for hydroxylation is 1. The van der Waals surface area contributed by atoms with E-state index in [-0.39, 0.29) is 12.7 Å². The van der Waals surface area contributed by atoms with Gasteiger partial charge in [-0.1, -0.05) is 6.07 Å². The van der Waals surface area contributed by atoms with Crippen molar-refractivity contribution in [1.82, 2.24) is 9.69 Å². The molecule has 3 rings (SSSR count). The van der Waals surface area contributed by atoms with E-state index in [1.165, 1.54) is 11.5 Å². The molecular weight excluding hydrogens is 302 g/mol. The smallest absolute Gasteiger partial charge is 0.256 e. The highest BCUT2D eigenvalue weighted by Crippen LogP contribution is 2.32. The number of carbonyl (C=O) groups is 1. The molecule has 0 saturated heterocycles. The summed E-state index contributed by atoms with van der Waals surface area (Å²) in [5.41, 5.74) is 2.46. The Morgan fingerprint density at radius 1 is 1.36 bits per heavy atom. The number of nitrogens with zero attached hydrogens (tertiary/aromatic N) is 1. The fourth-order valence-corrected chi connectivity index (χ4v) is 3.06. The van der Waals surface area contributed by atoms with E-state index in [1.807, 2.05) is 25.1 Å². The van der Waals surface area contributed by atoms with Crippen LogP contribution >= 0.6 is 11.5 Å². The lowest BCUT2D eigenvalue weighted by atomic mass is 10.1. The van der Waals surface area contributed by atoms with Crippen LogP contribution in [-0.4, -0.2) is 30.7 Å². The first-order valence-electron chi connectivity index (χ1n) is 7.00. The molecule has 0 saturated carbocycles. The van der Waals surface area contributed by atoms with E-state index >= 15 is 0 Å². The van der Waals surface area contributed by atoms with E-state index in [0.29, 0.717) is 12.1 Å². The maximum atomic E-state index is 12.3. The summed E-state index contributed by atoms with van der Waals surface area (Å²) in [7, 11) is 1.79. The minimum absolute atomic E-state index is 0.101. The Hall–Kier alpha value is -2.28. The number of rotatable bonds is 5. The third-order valence-electron chi connectivity index (χ3n) is 3.45. The lowest BCUT2D eigenvalue weighted by molar-refractivity contribution is 0.0954. The lowest BCUT2D eigenvalue weighted by Gasteiger charge is -2.07. The van der Waals surface area contributed by atoms with E-state index < -0.39 is 0 Å². The maximum Gasteiger partial charge on any atom is 0.256 e. The molecule has 6 nitrogen and oxygen atoms in total. The van der Waals surface area contributed by atoms with Crippen LogP contribution in [-0.2, 0) is 6.42 Å². The molecule has 0 bridgehead atoms. The number of hydrogen-bond acceptors (Lipinski definition) is 6. The number of ether oxygens (including phenoxy) is 2. The lowest BCUT2D eigenvalue weighted by Crippen LogP contribution is -2.26. The molecule has 2 N–H and O–H groups in total. The van der Waals surface area contributed by atoms with Crippen molar-refractivity contribution in [3.63, 3.8) is 0 Å². The molecule has 22 heavy (non-hydrogen) atoms. The average molecular weight is 319 g/mol. The molecule has 0 aliphatic carbocycles. The number of fused-ring (bicyclic) bond motifs is 1. The Kier molecular flexibility index (Phi) is 4.15. The van der Waals surface area contributed by atoms with E-state index in [0.717, 1.165) is 34.2 Å². The van der Waals surface area contributed by atoms with Crippen molar-refractivity contribution in [3.8, 4) is 11.5 Å². The molecule has 0 fully saturated rings. The fourth-order valence-electron chi connectivity index (χ4n) is 2.31. The maximum absolute atomic E-state index is 12.3. The molecule has 1 aliphatic rings. The van der Waals surface area contributed by atoms with Gasteiger partial charge in [0.05, 0.1) is 11.3 Å². The van der Waals surface area contributed by atoms with Gasteiger partial charge >= 0.3 is 0 Å². The quantitative estimate of drug-likeness (QED) is 0.884. The van der Waals surface area contributed by atoms with Gasteiger partial charge in [-0.2, -0.15) is 4.37 Å². The van der Waals surface area contributed by atoms with Gasteiger partial charge in [-0.15, -0.1) is 0 Å². The van der Waals surface area contributed by atoms with Crippen LogP contribution in [0, 0.1) is 6.92 Å². The topological polar surface area (TPSA) is 72.5 Å². The van der Waals surface area contributed by atoms with Crippen molar-refractivity contribution < 1.29 is 14.3 Å². The van der Waals surface area contributed by atoms with Gasteiger partial charge in [0.1, 0.15) is 5.00 Å². The van der Waals surface area contributed by atoms with E-state index in [2.05, 4.69) is 15.0 Å². The number of nitrogens with one attached hydrogen (secondary N) is 2. The van der Waals surface area contributed by atoms with Crippen LogP contribution < -0.4 is 20.1 Å². The molecule has 0 spiro atoms. The predicted molar refractivity (Wildman–Crippen MR) is 85.0 cm³/mol. The first kappa shape index (κ1) is 14.6. The normalized spacial score (nSPS) is 12.3. The monoisotopic (exact) mass is 319 g/mol. The van der Waals surface area contributed by atoms with Crippen LogP contribution in [0.1, 0.15) is 21.6 Å².